The molecule has 0 unspecified atom stereocenters. The normalized spacial score (nSPS) is 11.6. The number of carbonyl (C=O) groups excluding carboxylic acids is 2. The zero-order chi connectivity index (χ0) is 13.5. The molecule has 0 spiro atoms. The van der Waals surface area contributed by atoms with E-state index in [1.165, 1.54) is 0 Å². The third-order valence-corrected chi connectivity index (χ3v) is 1.64. The second-order valence-corrected chi connectivity index (χ2v) is 4.47. The molecule has 17 heavy (non-hydrogen) atoms. The molecule has 0 radical (unpaired) electrons. The van der Waals surface area contributed by atoms with Gasteiger partial charge in [-0.25, -0.2) is 0 Å². The fourth-order valence-corrected chi connectivity index (χ4v) is 1.14. The molecule has 0 aliphatic heterocycles. The minimum Gasteiger partial charge on any atom is -0.460 e. The number of ketones is 1. The summed E-state index contributed by atoms with van der Waals surface area (Å²) in [5, 5.41) is 0. The van der Waals surface area contributed by atoms with Crippen molar-refractivity contribution >= 4 is 11.8 Å². The van der Waals surface area contributed by atoms with Gasteiger partial charge in [0.1, 0.15) is 12.0 Å². The number of hydrogen-bond acceptors (Lipinski definition) is 5. The minimum absolute atomic E-state index is 0.331. The molecule has 0 N–H and O–H groups in total. The van der Waals surface area contributed by atoms with Crippen LogP contribution in [-0.2, 0) is 23.8 Å². The van der Waals surface area contributed by atoms with Crippen molar-refractivity contribution < 1.29 is 23.8 Å². The molecule has 0 aliphatic carbocycles. The molecule has 0 aliphatic rings. The number of esters is 1. The Morgan fingerprint density at radius 3 is 1.88 bits per heavy atom. The molecule has 0 fully saturated rings. The zero-order valence-corrected chi connectivity index (χ0v) is 11.2. The third kappa shape index (κ3) is 7.88. The quantitative estimate of drug-likeness (QED) is 0.388. The van der Waals surface area contributed by atoms with E-state index in [1.54, 1.807) is 34.6 Å². The van der Waals surface area contributed by atoms with Gasteiger partial charge in [0, 0.05) is 13.2 Å². The fraction of sp³-hybridized carbons (Fsp3) is 0.833. The Bertz CT molecular complexity index is 248. The molecule has 0 heterocycles. The minimum atomic E-state index is -0.975. The SMILES string of the molecule is CCOC(OCC)C(=O)CC(=O)OC(C)(C)C. The average Bonchev–Trinajstić information content (AvgIpc) is 2.14. The van der Waals surface area contributed by atoms with Gasteiger partial charge >= 0.3 is 5.97 Å². The van der Waals surface area contributed by atoms with Crippen LogP contribution < -0.4 is 0 Å². The molecule has 0 saturated heterocycles. The maximum absolute atomic E-state index is 11.7. The summed E-state index contributed by atoms with van der Waals surface area (Å²) in [5.41, 5.74) is -0.593. The number of ether oxygens (including phenoxy) is 3. The number of carbonyl (C=O) groups is 2. The maximum atomic E-state index is 11.7. The van der Waals surface area contributed by atoms with Crippen LogP contribution in [0.1, 0.15) is 41.0 Å². The summed E-state index contributed by atoms with van der Waals surface area (Å²) in [4.78, 5) is 23.1. The predicted octanol–water partition coefficient (Wildman–Crippen LogP) is 1.69. The highest BCUT2D eigenvalue weighted by molar-refractivity contribution is 5.97. The number of Topliss-reactive ketones (excluding diaryl/α,β-unsaturated/α-hetero) is 1. The van der Waals surface area contributed by atoms with Crippen LogP contribution in [0.5, 0.6) is 0 Å². The van der Waals surface area contributed by atoms with Crippen molar-refractivity contribution in [3.63, 3.8) is 0 Å². The van der Waals surface area contributed by atoms with Crippen molar-refractivity contribution in [2.24, 2.45) is 0 Å². The Kier molecular flexibility index (Phi) is 6.99. The number of hydrogen-bond donors (Lipinski definition) is 0. The second-order valence-electron chi connectivity index (χ2n) is 4.47. The smallest absolute Gasteiger partial charge is 0.314 e. The molecule has 0 saturated carbocycles. The molecule has 0 bridgehead atoms. The molecule has 0 aromatic heterocycles. The molecular formula is C12H22O5. The van der Waals surface area contributed by atoms with E-state index >= 15 is 0 Å². The van der Waals surface area contributed by atoms with Crippen molar-refractivity contribution in [3.8, 4) is 0 Å². The molecule has 100 valence electrons. The zero-order valence-electron chi connectivity index (χ0n) is 11.2. The lowest BCUT2D eigenvalue weighted by atomic mass is 10.2. The van der Waals surface area contributed by atoms with Gasteiger partial charge < -0.3 is 14.2 Å². The second kappa shape index (κ2) is 7.40. The van der Waals surface area contributed by atoms with E-state index in [0.717, 1.165) is 0 Å². The van der Waals surface area contributed by atoms with Crippen LogP contribution in [0.4, 0.5) is 0 Å². The van der Waals surface area contributed by atoms with Gasteiger partial charge in [-0.2, -0.15) is 0 Å². The van der Waals surface area contributed by atoms with Crippen LogP contribution in [0.15, 0.2) is 0 Å². The molecular weight excluding hydrogens is 224 g/mol. The van der Waals surface area contributed by atoms with Gasteiger partial charge in [0.15, 0.2) is 5.78 Å². The van der Waals surface area contributed by atoms with Gasteiger partial charge in [0.2, 0.25) is 6.29 Å². The highest BCUT2D eigenvalue weighted by Gasteiger charge is 2.25. The summed E-state index contributed by atoms with van der Waals surface area (Å²) in [5.74, 6) is -0.977. The first-order chi connectivity index (χ1) is 7.80. The van der Waals surface area contributed by atoms with E-state index in [9.17, 15) is 9.59 Å². The maximum Gasteiger partial charge on any atom is 0.314 e. The predicted molar refractivity (Wildman–Crippen MR) is 62.5 cm³/mol. The van der Waals surface area contributed by atoms with Crippen LogP contribution in [0, 0.1) is 0 Å². The third-order valence-electron chi connectivity index (χ3n) is 1.64. The van der Waals surface area contributed by atoms with E-state index in [1.807, 2.05) is 0 Å². The summed E-state index contributed by atoms with van der Waals surface area (Å²) in [7, 11) is 0. The summed E-state index contributed by atoms with van der Waals surface area (Å²) in [6.07, 6.45) is -1.31. The van der Waals surface area contributed by atoms with Crippen molar-refractivity contribution in [3.05, 3.63) is 0 Å². The van der Waals surface area contributed by atoms with Crippen molar-refractivity contribution in [1.82, 2.24) is 0 Å². The monoisotopic (exact) mass is 246 g/mol. The van der Waals surface area contributed by atoms with E-state index in [2.05, 4.69) is 0 Å². The first-order valence-electron chi connectivity index (χ1n) is 5.78. The van der Waals surface area contributed by atoms with Gasteiger partial charge in [-0.1, -0.05) is 0 Å². The summed E-state index contributed by atoms with van der Waals surface area (Å²) >= 11 is 0. The molecule has 5 heteroatoms. The standard InChI is InChI=1S/C12H22O5/c1-6-15-11(16-7-2)9(13)8-10(14)17-12(3,4)5/h11H,6-8H2,1-5H3. The van der Waals surface area contributed by atoms with Crippen molar-refractivity contribution in [2.75, 3.05) is 13.2 Å². The Morgan fingerprint density at radius 2 is 1.53 bits per heavy atom. The Balaban J connectivity index is 4.25. The van der Waals surface area contributed by atoms with E-state index in [4.69, 9.17) is 14.2 Å². The van der Waals surface area contributed by atoms with Crippen LogP contribution in [-0.4, -0.2) is 36.9 Å². The molecule has 5 nitrogen and oxygen atoms in total. The van der Waals surface area contributed by atoms with E-state index in [-0.39, 0.29) is 6.42 Å². The first-order valence-corrected chi connectivity index (χ1v) is 5.78. The molecule has 0 aromatic carbocycles. The summed E-state index contributed by atoms with van der Waals surface area (Å²) in [6.45, 7) is 9.46. The van der Waals surface area contributed by atoms with Gasteiger partial charge in [0.25, 0.3) is 0 Å². The molecule has 0 rings (SSSR count). The lowest BCUT2D eigenvalue weighted by molar-refractivity contribution is -0.173. The van der Waals surface area contributed by atoms with Crippen molar-refractivity contribution in [2.45, 2.75) is 52.9 Å². The first kappa shape index (κ1) is 16.1. The highest BCUT2D eigenvalue weighted by atomic mass is 16.7. The number of rotatable bonds is 7. The lowest BCUT2D eigenvalue weighted by Crippen LogP contribution is -2.32. The summed E-state index contributed by atoms with van der Waals surface area (Å²) < 4.78 is 15.2. The van der Waals surface area contributed by atoms with Crippen LogP contribution >= 0.6 is 0 Å². The average molecular weight is 246 g/mol. The van der Waals surface area contributed by atoms with Gasteiger partial charge in [-0.3, -0.25) is 9.59 Å². The van der Waals surface area contributed by atoms with E-state index in [0.29, 0.717) is 13.2 Å². The van der Waals surface area contributed by atoms with Gasteiger partial charge in [0.05, 0.1) is 0 Å². The Morgan fingerprint density at radius 1 is 1.06 bits per heavy atom. The van der Waals surface area contributed by atoms with Gasteiger partial charge in [-0.05, 0) is 34.6 Å². The van der Waals surface area contributed by atoms with E-state index < -0.39 is 23.6 Å². The Hall–Kier alpha value is -0.940. The lowest BCUT2D eigenvalue weighted by Gasteiger charge is -2.20. The Labute approximate surface area is 102 Å². The van der Waals surface area contributed by atoms with Crippen LogP contribution in [0.2, 0.25) is 0 Å². The topological polar surface area (TPSA) is 61.8 Å². The molecule has 0 amide bonds. The van der Waals surface area contributed by atoms with Crippen molar-refractivity contribution in [1.29, 1.82) is 0 Å². The van der Waals surface area contributed by atoms with Crippen LogP contribution in [0.3, 0.4) is 0 Å². The molecule has 0 atom stereocenters. The fourth-order valence-electron chi connectivity index (χ4n) is 1.14. The summed E-state index contributed by atoms with van der Waals surface area (Å²) in [6, 6.07) is 0. The van der Waals surface area contributed by atoms with Crippen LogP contribution in [0.25, 0.3) is 0 Å². The van der Waals surface area contributed by atoms with Gasteiger partial charge in [-0.15, -0.1) is 0 Å². The molecule has 0 aromatic rings. The largest absolute Gasteiger partial charge is 0.460 e. The highest BCUT2D eigenvalue weighted by Crippen LogP contribution is 2.10.